The molecule has 6 nitrogen and oxygen atoms in total. The molecule has 1 aromatic carbocycles. The molecule has 0 atom stereocenters. The minimum Gasteiger partial charge on any atom is -0.344 e. The number of anilines is 1. The molecule has 0 saturated carbocycles. The first-order valence-corrected chi connectivity index (χ1v) is 7.53. The summed E-state index contributed by atoms with van der Waals surface area (Å²) in [6.45, 7) is 2.12. The fourth-order valence-corrected chi connectivity index (χ4v) is 2.84. The molecular weight excluding hydrogens is 300 g/mol. The predicted molar refractivity (Wildman–Crippen MR) is 87.2 cm³/mol. The zero-order valence-electron chi connectivity index (χ0n) is 12.7. The SMILES string of the molecule is Cc1nc(NC(=O)c2cccc(CN)c2)sc1C(=O)N(C)C. The van der Waals surface area contributed by atoms with Crippen LogP contribution >= 0.6 is 11.3 Å². The zero-order valence-corrected chi connectivity index (χ0v) is 13.5. The summed E-state index contributed by atoms with van der Waals surface area (Å²) < 4.78 is 0. The Bertz CT molecular complexity index is 709. The highest BCUT2D eigenvalue weighted by Crippen LogP contribution is 2.24. The van der Waals surface area contributed by atoms with Gasteiger partial charge in [-0.2, -0.15) is 0 Å². The molecule has 0 radical (unpaired) electrons. The summed E-state index contributed by atoms with van der Waals surface area (Å²) in [5.41, 5.74) is 7.57. The number of amides is 2. The largest absolute Gasteiger partial charge is 0.344 e. The fourth-order valence-electron chi connectivity index (χ4n) is 1.86. The Morgan fingerprint density at radius 2 is 2.09 bits per heavy atom. The van der Waals surface area contributed by atoms with Gasteiger partial charge in [0.1, 0.15) is 4.88 Å². The standard InChI is InChI=1S/C15H18N4O2S/c1-9-12(14(21)19(2)3)22-15(17-9)18-13(20)11-6-4-5-10(7-11)8-16/h4-7H,8,16H2,1-3H3,(H,17,18,20). The summed E-state index contributed by atoms with van der Waals surface area (Å²) in [4.78, 5) is 30.5. The molecule has 1 aromatic heterocycles. The van der Waals surface area contributed by atoms with E-state index in [1.807, 2.05) is 6.07 Å². The molecule has 2 rings (SSSR count). The number of rotatable bonds is 4. The molecule has 0 aliphatic carbocycles. The van der Waals surface area contributed by atoms with E-state index in [-0.39, 0.29) is 11.8 Å². The van der Waals surface area contributed by atoms with Crippen LogP contribution in [0.3, 0.4) is 0 Å². The number of nitrogens with two attached hydrogens (primary N) is 1. The maximum absolute atomic E-state index is 12.2. The van der Waals surface area contributed by atoms with Crippen LogP contribution in [0.15, 0.2) is 24.3 Å². The average molecular weight is 318 g/mol. The van der Waals surface area contributed by atoms with Gasteiger partial charge in [0.05, 0.1) is 5.69 Å². The molecule has 0 bridgehead atoms. The summed E-state index contributed by atoms with van der Waals surface area (Å²) in [7, 11) is 3.36. The van der Waals surface area contributed by atoms with Gasteiger partial charge in [-0.3, -0.25) is 14.9 Å². The summed E-state index contributed by atoms with van der Waals surface area (Å²) >= 11 is 1.17. The highest BCUT2D eigenvalue weighted by Gasteiger charge is 2.18. The number of hydrogen-bond donors (Lipinski definition) is 2. The maximum Gasteiger partial charge on any atom is 0.265 e. The Hall–Kier alpha value is -2.25. The fraction of sp³-hybridized carbons (Fsp3) is 0.267. The summed E-state index contributed by atoms with van der Waals surface area (Å²) in [6.07, 6.45) is 0. The van der Waals surface area contributed by atoms with Gasteiger partial charge in [-0.25, -0.2) is 4.98 Å². The Balaban J connectivity index is 2.18. The van der Waals surface area contributed by atoms with Gasteiger partial charge in [0.25, 0.3) is 11.8 Å². The molecule has 0 aliphatic heterocycles. The van der Waals surface area contributed by atoms with E-state index in [4.69, 9.17) is 5.73 Å². The zero-order chi connectivity index (χ0) is 16.3. The number of thiazole rings is 1. The molecule has 0 spiro atoms. The summed E-state index contributed by atoms with van der Waals surface area (Å²) in [5.74, 6) is -0.395. The molecular formula is C15H18N4O2S. The number of carbonyl (C=O) groups is 2. The number of nitrogens with one attached hydrogen (secondary N) is 1. The lowest BCUT2D eigenvalue weighted by atomic mass is 10.1. The number of aryl methyl sites for hydroxylation is 1. The maximum atomic E-state index is 12.2. The van der Waals surface area contributed by atoms with E-state index in [9.17, 15) is 9.59 Å². The lowest BCUT2D eigenvalue weighted by Gasteiger charge is -2.07. The van der Waals surface area contributed by atoms with E-state index in [1.165, 1.54) is 16.2 Å². The van der Waals surface area contributed by atoms with Gasteiger partial charge in [0.15, 0.2) is 5.13 Å². The first kappa shape index (κ1) is 16.1. The molecule has 116 valence electrons. The molecule has 0 fully saturated rings. The van der Waals surface area contributed by atoms with Crippen LogP contribution in [0.4, 0.5) is 5.13 Å². The van der Waals surface area contributed by atoms with Crippen molar-refractivity contribution in [1.29, 1.82) is 0 Å². The Morgan fingerprint density at radius 1 is 1.36 bits per heavy atom. The van der Waals surface area contributed by atoms with Crippen LogP contribution in [0.2, 0.25) is 0 Å². The second-order valence-corrected chi connectivity index (χ2v) is 5.99. The van der Waals surface area contributed by atoms with Crippen molar-refractivity contribution in [1.82, 2.24) is 9.88 Å². The van der Waals surface area contributed by atoms with Gasteiger partial charge in [0.2, 0.25) is 0 Å². The molecule has 2 aromatic rings. The molecule has 22 heavy (non-hydrogen) atoms. The topological polar surface area (TPSA) is 88.3 Å². The highest BCUT2D eigenvalue weighted by molar-refractivity contribution is 7.17. The van der Waals surface area contributed by atoms with Gasteiger partial charge in [-0.15, -0.1) is 0 Å². The van der Waals surface area contributed by atoms with Crippen LogP contribution in [0.25, 0.3) is 0 Å². The van der Waals surface area contributed by atoms with Crippen molar-refractivity contribution >= 4 is 28.3 Å². The second kappa shape index (κ2) is 6.67. The van der Waals surface area contributed by atoms with Crippen molar-refractivity contribution in [2.45, 2.75) is 13.5 Å². The number of carbonyl (C=O) groups excluding carboxylic acids is 2. The third kappa shape index (κ3) is 3.49. The van der Waals surface area contributed by atoms with Crippen molar-refractivity contribution in [2.75, 3.05) is 19.4 Å². The molecule has 1 heterocycles. The molecule has 7 heteroatoms. The van der Waals surface area contributed by atoms with E-state index < -0.39 is 0 Å². The average Bonchev–Trinajstić information content (AvgIpc) is 2.86. The molecule has 0 unspecified atom stereocenters. The molecule has 0 aliphatic rings. The van der Waals surface area contributed by atoms with E-state index in [1.54, 1.807) is 39.2 Å². The minimum absolute atomic E-state index is 0.124. The first-order valence-electron chi connectivity index (χ1n) is 6.71. The Morgan fingerprint density at radius 3 is 2.73 bits per heavy atom. The Labute approximate surface area is 133 Å². The Kier molecular flexibility index (Phi) is 4.89. The number of benzene rings is 1. The number of nitrogens with zero attached hydrogens (tertiary/aromatic N) is 2. The van der Waals surface area contributed by atoms with Crippen molar-refractivity contribution < 1.29 is 9.59 Å². The van der Waals surface area contributed by atoms with Gasteiger partial charge in [-0.1, -0.05) is 23.5 Å². The number of aromatic nitrogens is 1. The quantitative estimate of drug-likeness (QED) is 0.900. The van der Waals surface area contributed by atoms with E-state index in [2.05, 4.69) is 10.3 Å². The van der Waals surface area contributed by atoms with Gasteiger partial charge < -0.3 is 10.6 Å². The normalized spacial score (nSPS) is 10.4. The number of hydrogen-bond acceptors (Lipinski definition) is 5. The lowest BCUT2D eigenvalue weighted by Crippen LogP contribution is -2.21. The predicted octanol–water partition coefficient (Wildman–Crippen LogP) is 1.86. The van der Waals surface area contributed by atoms with Crippen LogP contribution in [0, 0.1) is 6.92 Å². The molecule has 0 saturated heterocycles. The van der Waals surface area contributed by atoms with Crippen LogP contribution in [0.1, 0.15) is 31.3 Å². The van der Waals surface area contributed by atoms with E-state index in [0.717, 1.165) is 5.56 Å². The minimum atomic E-state index is -0.270. The van der Waals surface area contributed by atoms with Gasteiger partial charge in [-0.05, 0) is 24.6 Å². The highest BCUT2D eigenvalue weighted by atomic mass is 32.1. The van der Waals surface area contributed by atoms with Crippen LogP contribution < -0.4 is 11.1 Å². The van der Waals surface area contributed by atoms with E-state index >= 15 is 0 Å². The van der Waals surface area contributed by atoms with Crippen LogP contribution in [-0.2, 0) is 6.54 Å². The monoisotopic (exact) mass is 318 g/mol. The third-order valence-corrected chi connectivity index (χ3v) is 4.10. The van der Waals surface area contributed by atoms with Crippen LogP contribution in [-0.4, -0.2) is 35.8 Å². The van der Waals surface area contributed by atoms with Crippen molar-refractivity contribution in [3.8, 4) is 0 Å². The summed E-state index contributed by atoms with van der Waals surface area (Å²) in [6, 6.07) is 7.09. The van der Waals surface area contributed by atoms with Crippen molar-refractivity contribution in [3.05, 3.63) is 46.0 Å². The van der Waals surface area contributed by atoms with Crippen molar-refractivity contribution in [2.24, 2.45) is 5.73 Å². The van der Waals surface area contributed by atoms with Gasteiger partial charge in [0, 0.05) is 26.2 Å². The van der Waals surface area contributed by atoms with Gasteiger partial charge >= 0.3 is 0 Å². The second-order valence-electron chi connectivity index (χ2n) is 4.99. The van der Waals surface area contributed by atoms with Crippen LogP contribution in [0.5, 0.6) is 0 Å². The first-order chi connectivity index (χ1) is 10.4. The lowest BCUT2D eigenvalue weighted by molar-refractivity contribution is 0.0831. The smallest absolute Gasteiger partial charge is 0.265 e. The molecule has 2 amide bonds. The molecule has 3 N–H and O–H groups in total. The third-order valence-electron chi connectivity index (χ3n) is 3.04. The summed E-state index contributed by atoms with van der Waals surface area (Å²) in [5, 5.41) is 3.13. The van der Waals surface area contributed by atoms with E-state index in [0.29, 0.717) is 27.8 Å². The van der Waals surface area contributed by atoms with Crippen molar-refractivity contribution in [3.63, 3.8) is 0 Å².